The smallest absolute Gasteiger partial charge is 0.308 e. The lowest BCUT2D eigenvalue weighted by molar-refractivity contribution is -0.210. The van der Waals surface area contributed by atoms with E-state index in [-0.39, 0.29) is 60.4 Å². The summed E-state index contributed by atoms with van der Waals surface area (Å²) in [7, 11) is 0. The third kappa shape index (κ3) is 7.30. The van der Waals surface area contributed by atoms with Crippen LogP contribution in [0.3, 0.4) is 0 Å². The van der Waals surface area contributed by atoms with Crippen molar-refractivity contribution in [3.05, 3.63) is 63.6 Å². The Kier molecular flexibility index (Phi) is 10.3. The number of aromatic hydroxyl groups is 1. The quantitative estimate of drug-likeness (QED) is 0.304. The van der Waals surface area contributed by atoms with Crippen molar-refractivity contribution < 1.29 is 38.7 Å². The van der Waals surface area contributed by atoms with Crippen molar-refractivity contribution in [1.29, 1.82) is 0 Å². The second-order valence-electron chi connectivity index (χ2n) is 9.79. The Hall–Kier alpha value is -3.87. The van der Waals surface area contributed by atoms with Crippen molar-refractivity contribution in [3.8, 4) is 5.75 Å². The average Bonchev–Trinajstić information content (AvgIpc) is 3.37. The number of hydroxylamine groups is 2. The Morgan fingerprint density at radius 1 is 1.12 bits per heavy atom. The molecule has 0 bridgehead atoms. The van der Waals surface area contributed by atoms with E-state index in [9.17, 15) is 29.1 Å². The number of rotatable bonds is 10. The normalized spacial score (nSPS) is 19.0. The van der Waals surface area contributed by atoms with E-state index in [1.165, 1.54) is 17.1 Å². The molecule has 0 aromatic heterocycles. The highest BCUT2D eigenvalue weighted by Gasteiger charge is 2.40. The predicted molar refractivity (Wildman–Crippen MR) is 150 cm³/mol. The SMILES string of the molecule is CCCN1C(=O)CCC(NC(=O)c2cc(Cl)c(O)c(Cl)c2)C(=O)N1CC(=O)N(OCc1ccccc1)C1COC(=O)C1. The first-order valence-corrected chi connectivity index (χ1v) is 14.1. The number of halogens is 2. The molecule has 2 fully saturated rings. The Morgan fingerprint density at radius 2 is 1.81 bits per heavy atom. The number of carbonyl (C=O) groups excluding carboxylic acids is 5. The van der Waals surface area contributed by atoms with Crippen LogP contribution in [0.15, 0.2) is 42.5 Å². The number of phenolic OH excluding ortho intramolecular Hbond substituents is 1. The Labute approximate surface area is 252 Å². The van der Waals surface area contributed by atoms with Crippen molar-refractivity contribution in [2.45, 2.75) is 51.3 Å². The van der Waals surface area contributed by atoms with Crippen molar-refractivity contribution in [3.63, 3.8) is 0 Å². The van der Waals surface area contributed by atoms with Gasteiger partial charge in [-0.1, -0.05) is 60.5 Å². The van der Waals surface area contributed by atoms with Gasteiger partial charge in [-0.2, -0.15) is 0 Å². The highest BCUT2D eigenvalue weighted by atomic mass is 35.5. The Bertz CT molecular complexity index is 1340. The second kappa shape index (κ2) is 13.9. The standard InChI is InChI=1S/C28H30Cl2N4O8/c1-2-10-32-23(35)9-8-22(31-27(39)18-11-20(29)26(38)21(30)12-18)28(40)33(32)14-24(36)34(19-13-25(37)41-16-19)42-15-17-6-4-3-5-7-17/h3-7,11-12,19,22,38H,2,8-10,13-16H2,1H3,(H,31,39). The predicted octanol–water partition coefficient (Wildman–Crippen LogP) is 2.85. The summed E-state index contributed by atoms with van der Waals surface area (Å²) >= 11 is 11.9. The number of nitrogens with one attached hydrogen (secondary N) is 1. The zero-order chi connectivity index (χ0) is 30.4. The molecular formula is C28H30Cl2N4O8. The van der Waals surface area contributed by atoms with Gasteiger partial charge in [-0.25, -0.2) is 10.1 Å². The zero-order valence-corrected chi connectivity index (χ0v) is 24.3. The molecule has 4 amide bonds. The molecule has 0 saturated carbocycles. The van der Waals surface area contributed by atoms with Gasteiger partial charge in [0, 0.05) is 18.5 Å². The summed E-state index contributed by atoms with van der Waals surface area (Å²) < 4.78 is 5.04. The molecule has 0 spiro atoms. The van der Waals surface area contributed by atoms with Crippen LogP contribution in [0.4, 0.5) is 0 Å². The van der Waals surface area contributed by atoms with Gasteiger partial charge in [0.15, 0.2) is 5.75 Å². The van der Waals surface area contributed by atoms with Gasteiger partial charge in [-0.3, -0.25) is 33.8 Å². The molecule has 0 radical (unpaired) electrons. The van der Waals surface area contributed by atoms with Crippen molar-refractivity contribution >= 4 is 52.8 Å². The van der Waals surface area contributed by atoms with Crippen molar-refractivity contribution in [1.82, 2.24) is 20.4 Å². The van der Waals surface area contributed by atoms with Crippen LogP contribution >= 0.6 is 23.2 Å². The van der Waals surface area contributed by atoms with Crippen LogP contribution in [0, 0.1) is 0 Å². The molecule has 2 aromatic rings. The summed E-state index contributed by atoms with van der Waals surface area (Å²) in [6.07, 6.45) is 0.303. The van der Waals surface area contributed by atoms with E-state index in [0.29, 0.717) is 6.42 Å². The summed E-state index contributed by atoms with van der Waals surface area (Å²) in [6.45, 7) is 1.31. The highest BCUT2D eigenvalue weighted by Crippen LogP contribution is 2.32. The molecule has 4 rings (SSSR count). The number of ether oxygens (including phenoxy) is 1. The molecule has 42 heavy (non-hydrogen) atoms. The van der Waals surface area contributed by atoms with E-state index in [4.69, 9.17) is 32.8 Å². The monoisotopic (exact) mass is 620 g/mol. The van der Waals surface area contributed by atoms with Crippen LogP contribution < -0.4 is 5.32 Å². The van der Waals surface area contributed by atoms with Gasteiger partial charge in [0.25, 0.3) is 17.7 Å². The van der Waals surface area contributed by atoms with Gasteiger partial charge in [0.1, 0.15) is 31.8 Å². The van der Waals surface area contributed by atoms with E-state index >= 15 is 0 Å². The number of phenols is 1. The van der Waals surface area contributed by atoms with Crippen molar-refractivity contribution in [2.24, 2.45) is 0 Å². The van der Waals surface area contributed by atoms with E-state index in [1.807, 2.05) is 25.1 Å². The fourth-order valence-electron chi connectivity index (χ4n) is 4.59. The van der Waals surface area contributed by atoms with E-state index in [0.717, 1.165) is 15.6 Å². The van der Waals surface area contributed by atoms with Gasteiger partial charge in [0.05, 0.1) is 16.5 Å². The van der Waals surface area contributed by atoms with Gasteiger partial charge < -0.3 is 15.2 Å². The largest absolute Gasteiger partial charge is 0.505 e. The minimum absolute atomic E-state index is 0.00870. The lowest BCUT2D eigenvalue weighted by Gasteiger charge is -2.36. The molecular weight excluding hydrogens is 591 g/mol. The molecule has 2 unspecified atom stereocenters. The fourth-order valence-corrected chi connectivity index (χ4v) is 5.08. The maximum Gasteiger partial charge on any atom is 0.308 e. The molecule has 2 aliphatic rings. The molecule has 2 N–H and O–H groups in total. The average molecular weight is 621 g/mol. The maximum absolute atomic E-state index is 13.8. The van der Waals surface area contributed by atoms with Crippen molar-refractivity contribution in [2.75, 3.05) is 19.7 Å². The number of cyclic esters (lactones) is 1. The highest BCUT2D eigenvalue weighted by molar-refractivity contribution is 6.37. The molecule has 2 atom stereocenters. The summed E-state index contributed by atoms with van der Waals surface area (Å²) in [5.41, 5.74) is 0.761. The Balaban J connectivity index is 1.56. The number of carbonyl (C=O) groups is 5. The van der Waals surface area contributed by atoms with Gasteiger partial charge >= 0.3 is 5.97 Å². The van der Waals surface area contributed by atoms with Gasteiger partial charge in [-0.15, -0.1) is 0 Å². The summed E-state index contributed by atoms with van der Waals surface area (Å²) in [5, 5.41) is 15.3. The number of benzene rings is 2. The minimum Gasteiger partial charge on any atom is -0.505 e. The molecule has 0 aliphatic carbocycles. The van der Waals surface area contributed by atoms with Crippen LogP contribution in [0.5, 0.6) is 5.75 Å². The summed E-state index contributed by atoms with van der Waals surface area (Å²) in [5.74, 6) is -3.36. The first kappa shape index (κ1) is 31.1. The molecule has 14 heteroatoms. The third-order valence-electron chi connectivity index (χ3n) is 6.71. The zero-order valence-electron chi connectivity index (χ0n) is 22.8. The number of hydrogen-bond acceptors (Lipinski definition) is 8. The lowest BCUT2D eigenvalue weighted by atomic mass is 10.1. The first-order chi connectivity index (χ1) is 20.1. The molecule has 2 saturated heterocycles. The third-order valence-corrected chi connectivity index (χ3v) is 7.29. The summed E-state index contributed by atoms with van der Waals surface area (Å²) in [4.78, 5) is 71.2. The maximum atomic E-state index is 13.8. The number of nitrogens with zero attached hydrogens (tertiary/aromatic N) is 3. The number of hydrazine groups is 1. The minimum atomic E-state index is -1.17. The molecule has 2 heterocycles. The van der Waals surface area contributed by atoms with Gasteiger partial charge in [0.2, 0.25) is 5.91 Å². The lowest BCUT2D eigenvalue weighted by Crippen LogP contribution is -2.57. The van der Waals surface area contributed by atoms with E-state index in [1.54, 1.807) is 12.1 Å². The van der Waals surface area contributed by atoms with Crippen LogP contribution in [0.1, 0.15) is 48.5 Å². The topological polar surface area (TPSA) is 146 Å². The number of hydrogen-bond donors (Lipinski definition) is 2. The van der Waals surface area contributed by atoms with Crippen LogP contribution in [-0.4, -0.2) is 81.6 Å². The fraction of sp³-hybridized carbons (Fsp3) is 0.393. The molecule has 2 aromatic carbocycles. The van der Waals surface area contributed by atoms with Crippen LogP contribution in [-0.2, 0) is 35.4 Å². The molecule has 12 nitrogen and oxygen atoms in total. The molecule has 2 aliphatic heterocycles. The summed E-state index contributed by atoms with van der Waals surface area (Å²) in [6, 6.07) is 9.56. The second-order valence-corrected chi connectivity index (χ2v) is 10.6. The number of esters is 1. The van der Waals surface area contributed by atoms with Crippen LogP contribution in [0.25, 0.3) is 0 Å². The molecule has 224 valence electrons. The van der Waals surface area contributed by atoms with E-state index < -0.39 is 48.2 Å². The van der Waals surface area contributed by atoms with E-state index in [2.05, 4.69) is 5.32 Å². The Morgan fingerprint density at radius 3 is 2.43 bits per heavy atom. The number of amides is 4. The first-order valence-electron chi connectivity index (χ1n) is 13.3. The van der Waals surface area contributed by atoms with Crippen LogP contribution in [0.2, 0.25) is 10.0 Å². The van der Waals surface area contributed by atoms with Gasteiger partial charge in [-0.05, 0) is 30.5 Å².